The summed E-state index contributed by atoms with van der Waals surface area (Å²) >= 11 is 0. The van der Waals surface area contributed by atoms with Gasteiger partial charge in [0.25, 0.3) is 0 Å². The van der Waals surface area contributed by atoms with Crippen LogP contribution < -0.4 is 20.1 Å². The molecule has 0 bridgehead atoms. The highest BCUT2D eigenvalue weighted by atomic mass is 17.0. The van der Waals surface area contributed by atoms with E-state index in [-0.39, 0.29) is 26.4 Å². The first kappa shape index (κ1) is 56.2. The van der Waals surface area contributed by atoms with Crippen LogP contribution in [0.1, 0.15) is 89.5 Å². The Bertz CT molecular complexity index is 2470. The van der Waals surface area contributed by atoms with Gasteiger partial charge in [0.05, 0.1) is 60.6 Å². The molecule has 378 valence electrons. The Morgan fingerprint density at radius 1 is 0.431 bits per heavy atom. The third-order valence-corrected chi connectivity index (χ3v) is 10.8. The highest BCUT2D eigenvalue weighted by Crippen LogP contribution is 2.41. The minimum atomic E-state index is -0.697. The van der Waals surface area contributed by atoms with E-state index in [4.69, 9.17) is 38.9 Å². The Morgan fingerprint density at radius 3 is 0.944 bits per heavy atom. The van der Waals surface area contributed by atoms with Crippen LogP contribution in [0.15, 0.2) is 166 Å². The lowest BCUT2D eigenvalue weighted by Gasteiger charge is -2.30. The number of carbonyl (C=O) groups excluding carboxylic acids is 6. The Morgan fingerprint density at radius 2 is 0.694 bits per heavy atom. The molecule has 0 unspecified atom stereocenters. The number of nitrogens with one attached hydrogen (secondary N) is 2. The maximum Gasteiger partial charge on any atom is 0.336 e. The molecule has 0 aliphatic carbocycles. The van der Waals surface area contributed by atoms with Gasteiger partial charge in [-0.15, -0.1) is 0 Å². The molecule has 4 aromatic rings. The fourth-order valence-corrected chi connectivity index (χ4v) is 7.79. The number of allylic oxidation sites excluding steroid dienone is 4. The number of esters is 6. The number of hydrogen-bond donors (Lipinski definition) is 4. The minimum Gasteiger partial charge on any atom is -0.463 e. The van der Waals surface area contributed by atoms with Gasteiger partial charge < -0.3 is 39.1 Å². The van der Waals surface area contributed by atoms with E-state index in [2.05, 4.69) is 10.6 Å². The topological polar surface area (TPSA) is 222 Å². The van der Waals surface area contributed by atoms with E-state index >= 15 is 0 Å². The van der Waals surface area contributed by atoms with Gasteiger partial charge in [-0.3, -0.25) is 10.5 Å². The lowest BCUT2D eigenvalue weighted by molar-refractivity contribution is -0.176. The van der Waals surface area contributed by atoms with E-state index in [0.29, 0.717) is 67.7 Å². The molecule has 0 fully saturated rings. The monoisotopic (exact) mass is 984 g/mol. The van der Waals surface area contributed by atoms with Crippen molar-refractivity contribution in [1.29, 1.82) is 0 Å². The van der Waals surface area contributed by atoms with Crippen LogP contribution in [-0.2, 0) is 47.7 Å². The third-order valence-electron chi connectivity index (χ3n) is 10.8. The molecule has 6 rings (SSSR count). The molecule has 2 aliphatic heterocycles. The van der Waals surface area contributed by atoms with Crippen molar-refractivity contribution in [3.8, 4) is 11.5 Å². The van der Waals surface area contributed by atoms with Crippen molar-refractivity contribution >= 4 is 48.0 Å². The second-order valence-electron chi connectivity index (χ2n) is 15.6. The summed E-state index contributed by atoms with van der Waals surface area (Å²) in [6, 6.07) is 32.2. The van der Waals surface area contributed by atoms with Crippen LogP contribution in [-0.4, -0.2) is 72.8 Å². The Labute approximate surface area is 418 Å². The van der Waals surface area contributed by atoms with Crippen LogP contribution in [0, 0.1) is 0 Å². The summed E-state index contributed by atoms with van der Waals surface area (Å²) in [6.45, 7) is 14.7. The van der Waals surface area contributed by atoms with Gasteiger partial charge in [-0.2, -0.15) is 0 Å². The number of hydrogen-bond acceptors (Lipinski definition) is 16. The highest BCUT2D eigenvalue weighted by Gasteiger charge is 2.39. The summed E-state index contributed by atoms with van der Waals surface area (Å²) in [6.07, 6.45) is 6.05. The highest BCUT2D eigenvalue weighted by molar-refractivity contribution is 6.01. The van der Waals surface area contributed by atoms with Gasteiger partial charge in [0.15, 0.2) is 0 Å². The molecule has 16 heteroatoms. The van der Waals surface area contributed by atoms with Crippen LogP contribution in [0.25, 0.3) is 12.2 Å². The molecule has 2 aliphatic rings. The molecular weight excluding hydrogens is 925 g/mol. The van der Waals surface area contributed by atoms with Crippen LogP contribution in [0.4, 0.5) is 0 Å². The number of benzene rings is 4. The van der Waals surface area contributed by atoms with Crippen LogP contribution in [0.5, 0.6) is 11.5 Å². The summed E-state index contributed by atoms with van der Waals surface area (Å²) in [5, 5.41) is 18.2. The van der Waals surface area contributed by atoms with Crippen LogP contribution in [0.3, 0.4) is 0 Å². The van der Waals surface area contributed by atoms with E-state index in [9.17, 15) is 28.8 Å². The molecule has 0 saturated heterocycles. The SMILES string of the molecule is CCOC(=O)C1=C(C)NC(C)=C(C(=O)OCC)C1c1ccc(OC(=O)/C=C/c2ccccc2)cc1.CCOC(=O)C1=C(C)NC(C)=C(C(=O)OCC)C1c1ccc(OC(=O)/C=C/c2ccccc2)cc1.OO. The number of rotatable bonds is 16. The quantitative estimate of drug-likeness (QED) is 0.0205. The van der Waals surface area contributed by atoms with E-state index in [1.165, 1.54) is 12.2 Å². The predicted octanol–water partition coefficient (Wildman–Crippen LogP) is 9.35. The van der Waals surface area contributed by atoms with Crippen LogP contribution >= 0.6 is 0 Å². The van der Waals surface area contributed by atoms with Gasteiger partial charge in [-0.05, 0) is 114 Å². The molecule has 0 spiro atoms. The Balaban J connectivity index is 0.000000302. The summed E-state index contributed by atoms with van der Waals surface area (Å²) in [4.78, 5) is 75.9. The fraction of sp³-hybridized carbons (Fsp3) is 0.250. The molecule has 0 amide bonds. The summed E-state index contributed by atoms with van der Waals surface area (Å²) in [5.74, 6) is -3.82. The first-order valence-corrected chi connectivity index (χ1v) is 23.1. The third kappa shape index (κ3) is 15.3. The maximum absolute atomic E-state index is 12.9. The fourth-order valence-electron chi connectivity index (χ4n) is 7.79. The number of ether oxygens (including phenoxy) is 6. The van der Waals surface area contributed by atoms with Crippen LogP contribution in [0.2, 0.25) is 0 Å². The van der Waals surface area contributed by atoms with Gasteiger partial charge >= 0.3 is 35.8 Å². The zero-order valence-corrected chi connectivity index (χ0v) is 41.5. The molecule has 16 nitrogen and oxygen atoms in total. The normalized spacial score (nSPS) is 13.8. The lowest BCUT2D eigenvalue weighted by atomic mass is 9.80. The number of carbonyl (C=O) groups is 6. The average molecular weight is 985 g/mol. The first-order valence-electron chi connectivity index (χ1n) is 23.1. The molecule has 4 N–H and O–H groups in total. The maximum atomic E-state index is 12.9. The molecule has 0 aromatic heterocycles. The van der Waals surface area contributed by atoms with E-state index in [1.54, 1.807) is 116 Å². The second kappa shape index (κ2) is 28.4. The average Bonchev–Trinajstić information content (AvgIpc) is 3.36. The zero-order chi connectivity index (χ0) is 52.7. The summed E-state index contributed by atoms with van der Waals surface area (Å²) < 4.78 is 31.9. The van der Waals surface area contributed by atoms with Crippen molar-refractivity contribution in [3.63, 3.8) is 0 Å². The van der Waals surface area contributed by atoms with Gasteiger partial charge in [0.2, 0.25) is 0 Å². The zero-order valence-electron chi connectivity index (χ0n) is 41.5. The molecule has 0 atom stereocenters. The largest absolute Gasteiger partial charge is 0.463 e. The molecule has 2 heterocycles. The van der Waals surface area contributed by atoms with Crippen molar-refractivity contribution in [2.45, 2.75) is 67.2 Å². The lowest BCUT2D eigenvalue weighted by Crippen LogP contribution is -2.32. The van der Waals surface area contributed by atoms with Crippen molar-refractivity contribution in [3.05, 3.63) is 189 Å². The van der Waals surface area contributed by atoms with E-state index in [0.717, 1.165) is 11.1 Å². The number of dihydropyridines is 2. The van der Waals surface area contributed by atoms with Gasteiger partial charge in [0, 0.05) is 34.9 Å². The minimum absolute atomic E-state index is 0.200. The molecule has 0 radical (unpaired) electrons. The molecule has 0 saturated carbocycles. The predicted molar refractivity (Wildman–Crippen MR) is 269 cm³/mol. The Hall–Kier alpha value is -8.34. The molecule has 4 aromatic carbocycles. The summed E-state index contributed by atoms with van der Waals surface area (Å²) in [5.41, 5.74) is 6.80. The van der Waals surface area contributed by atoms with Gasteiger partial charge in [-0.25, -0.2) is 28.8 Å². The van der Waals surface area contributed by atoms with Crippen molar-refractivity contribution in [1.82, 2.24) is 10.6 Å². The van der Waals surface area contributed by atoms with Gasteiger partial charge in [-0.1, -0.05) is 84.9 Å². The van der Waals surface area contributed by atoms with Crippen molar-refractivity contribution in [2.24, 2.45) is 0 Å². The van der Waals surface area contributed by atoms with E-state index in [1.807, 2.05) is 60.7 Å². The Kier molecular flexibility index (Phi) is 22.2. The molecular formula is C56H60N2O14. The van der Waals surface area contributed by atoms with Crippen molar-refractivity contribution in [2.75, 3.05) is 26.4 Å². The second-order valence-corrected chi connectivity index (χ2v) is 15.6. The summed E-state index contributed by atoms with van der Waals surface area (Å²) in [7, 11) is 0. The van der Waals surface area contributed by atoms with Gasteiger partial charge in [0.1, 0.15) is 11.5 Å². The van der Waals surface area contributed by atoms with Crippen molar-refractivity contribution < 1.29 is 67.7 Å². The molecule has 72 heavy (non-hydrogen) atoms. The standard InChI is InChI=1S/2C28H29NO6.H2O2/c2*1-5-33-27(31)24-18(3)29-19(4)25(28(32)34-6-2)26(24)21-13-15-22(16-14-21)35-23(30)17-12-20-10-8-7-9-11-20;1-2/h2*7-17,26,29H,5-6H2,1-4H3;1-2H/b2*17-12+;. The van der Waals surface area contributed by atoms with E-state index < -0.39 is 47.7 Å². The first-order chi connectivity index (χ1) is 34.7. The smallest absolute Gasteiger partial charge is 0.336 e.